The summed E-state index contributed by atoms with van der Waals surface area (Å²) in [5, 5.41) is 3.88. The highest BCUT2D eigenvalue weighted by molar-refractivity contribution is 5.98. The van der Waals surface area contributed by atoms with Crippen molar-refractivity contribution in [3.63, 3.8) is 0 Å². The Bertz CT molecular complexity index is 1220. The first kappa shape index (κ1) is 26.7. The van der Waals surface area contributed by atoms with Gasteiger partial charge in [0, 0.05) is 62.3 Å². The number of carbonyl (C=O) groups is 2. The number of aromatic nitrogens is 1. The molecule has 0 radical (unpaired) electrons. The summed E-state index contributed by atoms with van der Waals surface area (Å²) in [6, 6.07) is 6.30. The molecule has 9 heteroatoms. The molecule has 1 saturated carbocycles. The predicted octanol–water partition coefficient (Wildman–Crippen LogP) is 3.02. The smallest absolute Gasteiger partial charge is 0.410 e. The Morgan fingerprint density at radius 3 is 2.74 bits per heavy atom. The number of fused-ring (bicyclic) bond motifs is 4. The molecule has 4 bridgehead atoms. The van der Waals surface area contributed by atoms with Crippen molar-refractivity contribution in [1.82, 2.24) is 24.6 Å². The van der Waals surface area contributed by atoms with Gasteiger partial charge in [0.2, 0.25) is 5.91 Å². The van der Waals surface area contributed by atoms with E-state index in [1.54, 1.807) is 0 Å². The molecular formula is C30H43N5O4. The molecule has 1 unspecified atom stereocenters. The van der Waals surface area contributed by atoms with Gasteiger partial charge < -0.3 is 19.7 Å². The van der Waals surface area contributed by atoms with E-state index in [-0.39, 0.29) is 5.91 Å². The molecule has 1 amide bonds. The van der Waals surface area contributed by atoms with Gasteiger partial charge in [0.15, 0.2) is 0 Å². The van der Waals surface area contributed by atoms with Crippen molar-refractivity contribution in [2.75, 3.05) is 73.1 Å². The quantitative estimate of drug-likeness (QED) is 0.582. The van der Waals surface area contributed by atoms with Crippen LogP contribution in [-0.4, -0.2) is 110 Å². The molecule has 1 N–H and O–H groups in total. The second-order valence-corrected chi connectivity index (χ2v) is 12.1. The lowest BCUT2D eigenvalue weighted by atomic mass is 9.65. The number of ether oxygens (including phenoxy) is 2. The molecule has 2 aromatic rings. The molecule has 3 saturated heterocycles. The third kappa shape index (κ3) is 5.22. The molecule has 4 aliphatic heterocycles. The molecule has 5 heterocycles. The maximum Gasteiger partial charge on any atom is 0.412 e. The van der Waals surface area contributed by atoms with E-state index < -0.39 is 6.09 Å². The number of hydrogen-bond donors (Lipinski definition) is 1. The first-order valence-electron chi connectivity index (χ1n) is 14.8. The van der Waals surface area contributed by atoms with E-state index >= 15 is 0 Å². The standard InChI is InChI=1S/C30H43N5O4/c1-4-21-15-20-16-25-28(21)34(18-20)9-7-23-24-17-22(39-30(37)31-8-10-32(2)3)5-6-26(24)35(29(23)25)27(36)19-33-11-13-38-14-12-33/h5-6,17,20-21,25,28H,4,7-16,18-19H2,1-3H3,(H,31,37)/t20-,21+,25-,28+/m1/s1. The van der Waals surface area contributed by atoms with Crippen molar-refractivity contribution in [3.05, 3.63) is 29.5 Å². The van der Waals surface area contributed by atoms with E-state index in [1.807, 2.05) is 37.2 Å². The number of piperidine rings is 2. The molecule has 7 rings (SSSR count). The van der Waals surface area contributed by atoms with Gasteiger partial charge >= 0.3 is 6.09 Å². The minimum absolute atomic E-state index is 0.140. The predicted molar refractivity (Wildman–Crippen MR) is 151 cm³/mol. The molecule has 39 heavy (non-hydrogen) atoms. The second-order valence-electron chi connectivity index (χ2n) is 12.1. The Balaban J connectivity index is 1.37. The monoisotopic (exact) mass is 537 g/mol. The summed E-state index contributed by atoms with van der Waals surface area (Å²) in [5.74, 6) is 2.40. The summed E-state index contributed by atoms with van der Waals surface area (Å²) in [7, 11) is 3.94. The number of hydrogen-bond acceptors (Lipinski definition) is 7. The van der Waals surface area contributed by atoms with Gasteiger partial charge in [0.25, 0.3) is 0 Å². The fourth-order valence-corrected chi connectivity index (χ4v) is 7.71. The van der Waals surface area contributed by atoms with Gasteiger partial charge in [-0.05, 0) is 69.0 Å². The van der Waals surface area contributed by atoms with Gasteiger partial charge in [-0.3, -0.25) is 19.2 Å². The number of nitrogens with zero attached hydrogens (tertiary/aromatic N) is 4. The van der Waals surface area contributed by atoms with Crippen LogP contribution in [0.3, 0.4) is 0 Å². The van der Waals surface area contributed by atoms with Crippen LogP contribution in [0.2, 0.25) is 0 Å². The Kier molecular flexibility index (Phi) is 7.68. The largest absolute Gasteiger partial charge is 0.412 e. The maximum absolute atomic E-state index is 14.1. The average molecular weight is 538 g/mol. The molecule has 212 valence electrons. The van der Waals surface area contributed by atoms with Crippen LogP contribution >= 0.6 is 0 Å². The van der Waals surface area contributed by atoms with Gasteiger partial charge in [0.1, 0.15) is 5.75 Å². The van der Waals surface area contributed by atoms with Gasteiger partial charge in [-0.25, -0.2) is 4.79 Å². The summed E-state index contributed by atoms with van der Waals surface area (Å²) in [6.07, 6.45) is 4.12. The van der Waals surface area contributed by atoms with Gasteiger partial charge in [-0.1, -0.05) is 13.3 Å². The third-order valence-corrected chi connectivity index (χ3v) is 9.39. The van der Waals surface area contributed by atoms with Crippen LogP contribution in [0.5, 0.6) is 5.75 Å². The first-order chi connectivity index (χ1) is 18.9. The molecular weight excluding hydrogens is 494 g/mol. The summed E-state index contributed by atoms with van der Waals surface area (Å²) in [6.45, 7) is 9.12. The Morgan fingerprint density at radius 2 is 1.97 bits per heavy atom. The number of benzene rings is 1. The van der Waals surface area contributed by atoms with Crippen LogP contribution in [0, 0.1) is 11.8 Å². The van der Waals surface area contributed by atoms with Gasteiger partial charge in [0.05, 0.1) is 25.3 Å². The Morgan fingerprint density at radius 1 is 1.15 bits per heavy atom. The van der Waals surface area contributed by atoms with E-state index in [0.29, 0.717) is 55.8 Å². The maximum atomic E-state index is 14.1. The van der Waals surface area contributed by atoms with Crippen LogP contribution < -0.4 is 10.1 Å². The van der Waals surface area contributed by atoms with Crippen molar-refractivity contribution >= 4 is 22.9 Å². The zero-order valence-corrected chi connectivity index (χ0v) is 23.7. The fourth-order valence-electron chi connectivity index (χ4n) is 7.71. The lowest BCUT2D eigenvalue weighted by molar-refractivity contribution is -0.0141. The minimum Gasteiger partial charge on any atom is -0.410 e. The summed E-state index contributed by atoms with van der Waals surface area (Å²) < 4.78 is 13.3. The van der Waals surface area contributed by atoms with E-state index in [4.69, 9.17) is 9.47 Å². The van der Waals surface area contributed by atoms with Crippen molar-refractivity contribution in [2.24, 2.45) is 11.8 Å². The van der Waals surface area contributed by atoms with Crippen molar-refractivity contribution in [3.8, 4) is 5.75 Å². The zero-order valence-electron chi connectivity index (χ0n) is 23.7. The summed E-state index contributed by atoms with van der Waals surface area (Å²) >= 11 is 0. The van der Waals surface area contributed by atoms with Crippen LogP contribution in [0.4, 0.5) is 4.79 Å². The number of carbonyl (C=O) groups excluding carboxylic acids is 2. The molecule has 0 spiro atoms. The summed E-state index contributed by atoms with van der Waals surface area (Å²) in [5.41, 5.74) is 3.45. The summed E-state index contributed by atoms with van der Waals surface area (Å²) in [4.78, 5) is 33.5. The van der Waals surface area contributed by atoms with Crippen molar-refractivity contribution < 1.29 is 19.1 Å². The van der Waals surface area contributed by atoms with Crippen LogP contribution in [0.25, 0.3) is 10.9 Å². The molecule has 1 aromatic heterocycles. The molecule has 1 aliphatic carbocycles. The Hall–Kier alpha value is -2.46. The lowest BCUT2D eigenvalue weighted by Gasteiger charge is -2.53. The van der Waals surface area contributed by atoms with E-state index in [1.165, 1.54) is 30.6 Å². The molecule has 5 aliphatic rings. The van der Waals surface area contributed by atoms with Crippen molar-refractivity contribution in [2.45, 2.75) is 44.6 Å². The van der Waals surface area contributed by atoms with Gasteiger partial charge in [-0.2, -0.15) is 0 Å². The van der Waals surface area contributed by atoms with Crippen LogP contribution in [0.1, 0.15) is 48.2 Å². The topological polar surface area (TPSA) is 79.3 Å². The van der Waals surface area contributed by atoms with E-state index in [2.05, 4.69) is 26.6 Å². The van der Waals surface area contributed by atoms with Crippen LogP contribution in [0.15, 0.2) is 18.2 Å². The SMILES string of the molecule is CC[C@H]1C[C@@H]2C[C@H]3c4c(c5cc(OC(=O)NCCN(C)C)ccc5n4C(=O)CN4CCOCC4)CCN(C2)[C@@H]13. The average Bonchev–Trinajstić information content (AvgIpc) is 3.19. The number of morpholine rings is 1. The van der Waals surface area contributed by atoms with E-state index in [9.17, 15) is 9.59 Å². The molecule has 5 atom stereocenters. The van der Waals surface area contributed by atoms with E-state index in [0.717, 1.165) is 49.9 Å². The number of likely N-dealkylation sites (N-methyl/N-ethyl adjacent to an activating group) is 1. The number of rotatable bonds is 7. The highest BCUT2D eigenvalue weighted by Gasteiger charge is 2.49. The number of nitrogens with one attached hydrogen (secondary N) is 1. The normalized spacial score (nSPS) is 28.4. The number of amides is 1. The third-order valence-electron chi connectivity index (χ3n) is 9.39. The highest BCUT2D eigenvalue weighted by atomic mass is 16.6. The lowest BCUT2D eigenvalue weighted by Crippen LogP contribution is -2.56. The van der Waals surface area contributed by atoms with Crippen LogP contribution in [-0.2, 0) is 11.2 Å². The van der Waals surface area contributed by atoms with Gasteiger partial charge in [-0.15, -0.1) is 0 Å². The Labute approximate surface area is 231 Å². The fraction of sp³-hybridized carbons (Fsp3) is 0.667. The first-order valence-corrected chi connectivity index (χ1v) is 14.8. The van der Waals surface area contributed by atoms with Crippen molar-refractivity contribution in [1.29, 1.82) is 0 Å². The zero-order chi connectivity index (χ0) is 27.1. The minimum atomic E-state index is -0.449. The molecule has 4 fully saturated rings. The molecule has 9 nitrogen and oxygen atoms in total. The highest BCUT2D eigenvalue weighted by Crippen LogP contribution is 2.52. The second kappa shape index (κ2) is 11.2. The molecule has 1 aromatic carbocycles.